The SMILES string of the molecule is O=[N+]([O-])c1ccc(NCC2CCNC2)cn1. The molecular formula is C10H14N4O2. The van der Waals surface area contributed by atoms with Crippen molar-refractivity contribution in [2.75, 3.05) is 25.0 Å². The van der Waals surface area contributed by atoms with Crippen molar-refractivity contribution in [2.45, 2.75) is 6.42 Å². The Morgan fingerprint density at radius 3 is 3.06 bits per heavy atom. The van der Waals surface area contributed by atoms with Gasteiger partial charge in [0.25, 0.3) is 0 Å². The van der Waals surface area contributed by atoms with Crippen molar-refractivity contribution in [3.05, 3.63) is 28.4 Å². The molecule has 0 saturated carbocycles. The second kappa shape index (κ2) is 4.89. The van der Waals surface area contributed by atoms with E-state index in [9.17, 15) is 10.1 Å². The maximum absolute atomic E-state index is 10.4. The second-order valence-electron chi connectivity index (χ2n) is 3.90. The lowest BCUT2D eigenvalue weighted by Gasteiger charge is -2.09. The van der Waals surface area contributed by atoms with Crippen LogP contribution in [0.5, 0.6) is 0 Å². The molecule has 0 spiro atoms. The van der Waals surface area contributed by atoms with Gasteiger partial charge in [-0.2, -0.15) is 0 Å². The Bertz CT molecular complexity index is 360. The first-order chi connectivity index (χ1) is 7.75. The van der Waals surface area contributed by atoms with Crippen LogP contribution in [0.15, 0.2) is 18.3 Å². The topological polar surface area (TPSA) is 80.1 Å². The monoisotopic (exact) mass is 222 g/mol. The van der Waals surface area contributed by atoms with Crippen molar-refractivity contribution in [1.82, 2.24) is 10.3 Å². The maximum Gasteiger partial charge on any atom is 0.363 e. The lowest BCUT2D eigenvalue weighted by Crippen LogP contribution is -2.17. The molecule has 86 valence electrons. The number of pyridine rings is 1. The average molecular weight is 222 g/mol. The molecule has 0 aromatic carbocycles. The Labute approximate surface area is 93.2 Å². The zero-order valence-corrected chi connectivity index (χ0v) is 8.85. The van der Waals surface area contributed by atoms with Crippen molar-refractivity contribution in [3.8, 4) is 0 Å². The molecule has 1 unspecified atom stereocenters. The minimum Gasteiger partial charge on any atom is -0.382 e. The summed E-state index contributed by atoms with van der Waals surface area (Å²) in [5, 5.41) is 16.9. The summed E-state index contributed by atoms with van der Waals surface area (Å²) in [6.07, 6.45) is 2.67. The van der Waals surface area contributed by atoms with Crippen molar-refractivity contribution >= 4 is 11.5 Å². The van der Waals surface area contributed by atoms with E-state index in [1.165, 1.54) is 18.7 Å². The van der Waals surface area contributed by atoms with Crippen molar-refractivity contribution < 1.29 is 4.92 Å². The number of nitro groups is 1. The molecule has 6 nitrogen and oxygen atoms in total. The normalized spacial score (nSPS) is 19.6. The number of hydrogen-bond donors (Lipinski definition) is 2. The van der Waals surface area contributed by atoms with Crippen LogP contribution < -0.4 is 10.6 Å². The van der Waals surface area contributed by atoms with E-state index in [4.69, 9.17) is 0 Å². The third kappa shape index (κ3) is 2.66. The number of hydrogen-bond acceptors (Lipinski definition) is 5. The quantitative estimate of drug-likeness (QED) is 0.587. The van der Waals surface area contributed by atoms with Gasteiger partial charge in [-0.3, -0.25) is 0 Å². The van der Waals surface area contributed by atoms with E-state index < -0.39 is 4.92 Å². The largest absolute Gasteiger partial charge is 0.382 e. The molecule has 0 aliphatic carbocycles. The number of nitrogens with one attached hydrogen (secondary N) is 2. The van der Waals surface area contributed by atoms with Gasteiger partial charge in [0.05, 0.1) is 5.69 Å². The summed E-state index contributed by atoms with van der Waals surface area (Å²) in [6.45, 7) is 2.99. The first kappa shape index (κ1) is 10.8. The van der Waals surface area contributed by atoms with Crippen molar-refractivity contribution in [2.24, 2.45) is 5.92 Å². The fourth-order valence-corrected chi connectivity index (χ4v) is 1.75. The van der Waals surface area contributed by atoms with Crippen LogP contribution in [0.4, 0.5) is 11.5 Å². The Balaban J connectivity index is 1.87. The van der Waals surface area contributed by atoms with Gasteiger partial charge in [-0.1, -0.05) is 0 Å². The van der Waals surface area contributed by atoms with Crippen molar-refractivity contribution in [1.29, 1.82) is 0 Å². The van der Waals surface area contributed by atoms with E-state index in [1.807, 2.05) is 0 Å². The zero-order chi connectivity index (χ0) is 11.4. The molecule has 1 aliphatic heterocycles. The summed E-state index contributed by atoms with van der Waals surface area (Å²) in [5.41, 5.74) is 0.831. The van der Waals surface area contributed by atoms with Gasteiger partial charge in [0.1, 0.15) is 0 Å². The van der Waals surface area contributed by atoms with Gasteiger partial charge >= 0.3 is 5.82 Å². The van der Waals surface area contributed by atoms with E-state index in [0.717, 1.165) is 25.3 Å². The Morgan fingerprint density at radius 1 is 1.62 bits per heavy atom. The Kier molecular flexibility index (Phi) is 3.31. The van der Waals surface area contributed by atoms with Crippen LogP contribution in [0.2, 0.25) is 0 Å². The van der Waals surface area contributed by atoms with Gasteiger partial charge in [0.2, 0.25) is 0 Å². The third-order valence-corrected chi connectivity index (χ3v) is 2.69. The Hall–Kier alpha value is -1.69. The van der Waals surface area contributed by atoms with Crippen LogP contribution >= 0.6 is 0 Å². The molecule has 2 heterocycles. The van der Waals surface area contributed by atoms with Gasteiger partial charge in [0.15, 0.2) is 6.20 Å². The van der Waals surface area contributed by atoms with E-state index in [2.05, 4.69) is 15.6 Å². The van der Waals surface area contributed by atoms with Gasteiger partial charge in [-0.05, 0) is 41.4 Å². The predicted molar refractivity (Wildman–Crippen MR) is 60.4 cm³/mol. The van der Waals surface area contributed by atoms with E-state index in [-0.39, 0.29) is 5.82 Å². The molecule has 6 heteroatoms. The van der Waals surface area contributed by atoms with Gasteiger partial charge in [0, 0.05) is 12.6 Å². The molecule has 1 saturated heterocycles. The van der Waals surface area contributed by atoms with Crippen LogP contribution in [0.1, 0.15) is 6.42 Å². The lowest BCUT2D eigenvalue weighted by atomic mass is 10.1. The molecular weight excluding hydrogens is 208 g/mol. The first-order valence-electron chi connectivity index (χ1n) is 5.31. The third-order valence-electron chi connectivity index (χ3n) is 2.69. The Morgan fingerprint density at radius 2 is 2.50 bits per heavy atom. The molecule has 2 rings (SSSR count). The van der Waals surface area contributed by atoms with Gasteiger partial charge in [-0.25, -0.2) is 0 Å². The van der Waals surface area contributed by atoms with Crippen molar-refractivity contribution in [3.63, 3.8) is 0 Å². The summed E-state index contributed by atoms with van der Waals surface area (Å²) in [6, 6.07) is 3.10. The lowest BCUT2D eigenvalue weighted by molar-refractivity contribution is -0.389. The summed E-state index contributed by atoms with van der Waals surface area (Å²) in [7, 11) is 0. The highest BCUT2D eigenvalue weighted by Crippen LogP contribution is 2.13. The highest BCUT2D eigenvalue weighted by Gasteiger charge is 2.14. The predicted octanol–water partition coefficient (Wildman–Crippen LogP) is 1.01. The number of rotatable bonds is 4. The number of anilines is 1. The summed E-state index contributed by atoms with van der Waals surface area (Å²) >= 11 is 0. The molecule has 1 atom stereocenters. The molecule has 0 bridgehead atoms. The summed E-state index contributed by atoms with van der Waals surface area (Å²) in [5.74, 6) is 0.517. The zero-order valence-electron chi connectivity index (χ0n) is 8.85. The van der Waals surface area contributed by atoms with Crippen LogP contribution in [-0.4, -0.2) is 29.5 Å². The molecule has 16 heavy (non-hydrogen) atoms. The van der Waals surface area contributed by atoms with Gasteiger partial charge in [-0.15, -0.1) is 0 Å². The van der Waals surface area contributed by atoms with E-state index >= 15 is 0 Å². The number of aromatic nitrogens is 1. The second-order valence-corrected chi connectivity index (χ2v) is 3.90. The molecule has 2 N–H and O–H groups in total. The fourth-order valence-electron chi connectivity index (χ4n) is 1.75. The minimum atomic E-state index is -0.495. The standard InChI is InChI=1S/C10H14N4O2/c15-14(16)10-2-1-9(7-13-10)12-6-8-3-4-11-5-8/h1-2,7-8,11-12H,3-6H2. The molecule has 1 aromatic heterocycles. The minimum absolute atomic E-state index is 0.118. The highest BCUT2D eigenvalue weighted by atomic mass is 16.6. The maximum atomic E-state index is 10.4. The molecule has 1 fully saturated rings. The highest BCUT2D eigenvalue weighted by molar-refractivity contribution is 5.43. The van der Waals surface area contributed by atoms with Crippen LogP contribution in [0.3, 0.4) is 0 Å². The molecule has 1 aromatic rings. The summed E-state index contributed by atoms with van der Waals surface area (Å²) < 4.78 is 0. The van der Waals surface area contributed by atoms with Crippen LogP contribution in [0.25, 0.3) is 0 Å². The molecule has 0 radical (unpaired) electrons. The van der Waals surface area contributed by atoms with Crippen LogP contribution in [0, 0.1) is 16.0 Å². The number of nitrogens with zero attached hydrogens (tertiary/aromatic N) is 2. The fraction of sp³-hybridized carbons (Fsp3) is 0.500. The van der Waals surface area contributed by atoms with E-state index in [0.29, 0.717) is 5.92 Å². The first-order valence-corrected chi connectivity index (χ1v) is 5.31. The smallest absolute Gasteiger partial charge is 0.363 e. The molecule has 1 aliphatic rings. The van der Waals surface area contributed by atoms with E-state index in [1.54, 1.807) is 6.07 Å². The van der Waals surface area contributed by atoms with Gasteiger partial charge < -0.3 is 20.7 Å². The average Bonchev–Trinajstić information content (AvgIpc) is 2.80. The van der Waals surface area contributed by atoms with Crippen LogP contribution in [-0.2, 0) is 0 Å². The summed E-state index contributed by atoms with van der Waals surface area (Å²) in [4.78, 5) is 13.6. The molecule has 0 amide bonds.